The molecule has 122 valence electrons. The van der Waals surface area contributed by atoms with Crippen LogP contribution in [-0.2, 0) is 4.79 Å². The zero-order chi connectivity index (χ0) is 17.3. The molecule has 0 amide bonds. The van der Waals surface area contributed by atoms with Crippen LogP contribution in [0.25, 0.3) is 16.7 Å². The maximum atomic E-state index is 13.0. The van der Waals surface area contributed by atoms with Gasteiger partial charge in [0.05, 0.1) is 16.2 Å². The van der Waals surface area contributed by atoms with E-state index in [0.29, 0.717) is 21.9 Å². The molecular weight excluding hydrogens is 322 g/mol. The summed E-state index contributed by atoms with van der Waals surface area (Å²) in [6, 6.07) is 10.9. The lowest BCUT2D eigenvalue weighted by Gasteiger charge is -2.14. The number of fused-ring (bicyclic) bond motifs is 1. The Balaban J connectivity index is 2.29. The van der Waals surface area contributed by atoms with Crippen LogP contribution in [0.3, 0.4) is 0 Å². The number of pyridine rings is 1. The van der Waals surface area contributed by atoms with E-state index in [0.717, 1.165) is 5.56 Å². The van der Waals surface area contributed by atoms with Crippen molar-refractivity contribution in [3.63, 3.8) is 0 Å². The van der Waals surface area contributed by atoms with Crippen molar-refractivity contribution in [2.24, 2.45) is 0 Å². The third-order valence-corrected chi connectivity index (χ3v) is 4.90. The van der Waals surface area contributed by atoms with Gasteiger partial charge in [-0.2, -0.15) is 0 Å². The molecule has 0 saturated carbocycles. The summed E-state index contributed by atoms with van der Waals surface area (Å²) in [6.07, 6.45) is 1.66. The minimum atomic E-state index is -0.297. The van der Waals surface area contributed by atoms with Crippen molar-refractivity contribution in [3.8, 4) is 5.82 Å². The fraction of sp³-hybridized carbons (Fsp3) is 0.222. The molecule has 0 aliphatic carbocycles. The highest BCUT2D eigenvalue weighted by Gasteiger charge is 2.18. The molecule has 0 spiro atoms. The summed E-state index contributed by atoms with van der Waals surface area (Å²) in [4.78, 5) is 33.6. The second-order valence-electron chi connectivity index (χ2n) is 5.61. The van der Waals surface area contributed by atoms with E-state index in [4.69, 9.17) is 0 Å². The third kappa shape index (κ3) is 3.10. The fourth-order valence-electron chi connectivity index (χ4n) is 2.28. The number of rotatable bonds is 4. The molecule has 0 aliphatic heterocycles. The van der Waals surface area contributed by atoms with Crippen LogP contribution >= 0.6 is 11.8 Å². The molecule has 0 unspecified atom stereocenters. The van der Waals surface area contributed by atoms with E-state index in [1.165, 1.54) is 23.3 Å². The number of aryl methyl sites for hydroxylation is 1. The second-order valence-corrected chi connectivity index (χ2v) is 6.92. The largest absolute Gasteiger partial charge is 0.299 e. The van der Waals surface area contributed by atoms with E-state index in [1.807, 2.05) is 38.1 Å². The van der Waals surface area contributed by atoms with E-state index in [9.17, 15) is 9.59 Å². The predicted octanol–water partition coefficient (Wildman–Crippen LogP) is 3.16. The van der Waals surface area contributed by atoms with Crippen molar-refractivity contribution in [2.75, 3.05) is 0 Å². The minimum absolute atomic E-state index is 0.0335. The van der Waals surface area contributed by atoms with Crippen LogP contribution < -0.4 is 5.56 Å². The maximum Gasteiger partial charge on any atom is 0.267 e. The van der Waals surface area contributed by atoms with Gasteiger partial charge in [-0.15, -0.1) is 0 Å². The Morgan fingerprint density at radius 3 is 2.71 bits per heavy atom. The van der Waals surface area contributed by atoms with Gasteiger partial charge in [0.1, 0.15) is 11.6 Å². The van der Waals surface area contributed by atoms with Gasteiger partial charge in [-0.05, 0) is 50.6 Å². The summed E-state index contributed by atoms with van der Waals surface area (Å²) < 4.78 is 1.49. The first-order valence-electron chi connectivity index (χ1n) is 7.59. The number of benzene rings is 1. The number of ketones is 1. The van der Waals surface area contributed by atoms with Gasteiger partial charge in [0, 0.05) is 6.20 Å². The number of carbonyl (C=O) groups is 1. The van der Waals surface area contributed by atoms with Gasteiger partial charge < -0.3 is 0 Å². The molecule has 3 rings (SSSR count). The van der Waals surface area contributed by atoms with Crippen LogP contribution in [0, 0.1) is 6.92 Å². The highest BCUT2D eigenvalue weighted by Crippen LogP contribution is 2.25. The Kier molecular flexibility index (Phi) is 4.49. The van der Waals surface area contributed by atoms with E-state index in [2.05, 4.69) is 9.97 Å². The molecule has 3 aromatic rings. The SMILES string of the molecule is CC(=O)[C@@H](C)Sc1nc2ccccc2c(=O)n1-c1cc(C)ccn1. The first kappa shape index (κ1) is 16.4. The first-order chi connectivity index (χ1) is 11.5. The number of para-hydroxylation sites is 1. The number of carbonyl (C=O) groups excluding carboxylic acids is 1. The van der Waals surface area contributed by atoms with Crippen LogP contribution in [0.5, 0.6) is 0 Å². The van der Waals surface area contributed by atoms with Crippen LogP contribution in [0.15, 0.2) is 52.5 Å². The monoisotopic (exact) mass is 339 g/mol. The topological polar surface area (TPSA) is 64.8 Å². The Morgan fingerprint density at radius 1 is 1.25 bits per heavy atom. The average Bonchev–Trinajstić information content (AvgIpc) is 2.55. The molecule has 0 saturated heterocycles. The van der Waals surface area contributed by atoms with Crippen LogP contribution in [0.4, 0.5) is 0 Å². The summed E-state index contributed by atoms with van der Waals surface area (Å²) in [7, 11) is 0. The number of nitrogens with zero attached hydrogens (tertiary/aromatic N) is 3. The average molecular weight is 339 g/mol. The van der Waals surface area contributed by atoms with Gasteiger partial charge in [0.15, 0.2) is 5.16 Å². The van der Waals surface area contributed by atoms with E-state index in [-0.39, 0.29) is 16.6 Å². The molecule has 0 bridgehead atoms. The van der Waals surface area contributed by atoms with Crippen molar-refractivity contribution < 1.29 is 4.79 Å². The summed E-state index contributed by atoms with van der Waals surface area (Å²) in [5, 5.41) is 0.703. The van der Waals surface area contributed by atoms with Crippen molar-refractivity contribution >= 4 is 28.4 Å². The van der Waals surface area contributed by atoms with Gasteiger partial charge in [-0.25, -0.2) is 14.5 Å². The number of Topliss-reactive ketones (excluding diaryl/α,β-unsaturated/α-hetero) is 1. The molecule has 2 aromatic heterocycles. The van der Waals surface area contributed by atoms with E-state index < -0.39 is 0 Å². The van der Waals surface area contributed by atoms with Gasteiger partial charge in [-0.3, -0.25) is 9.59 Å². The van der Waals surface area contributed by atoms with Crippen LogP contribution in [-0.4, -0.2) is 25.6 Å². The van der Waals surface area contributed by atoms with Crippen LogP contribution in [0.1, 0.15) is 19.4 Å². The molecule has 0 radical (unpaired) electrons. The summed E-state index contributed by atoms with van der Waals surface area (Å²) >= 11 is 1.27. The Labute approximate surface area is 143 Å². The molecule has 1 atom stereocenters. The first-order valence-corrected chi connectivity index (χ1v) is 8.47. The Hall–Kier alpha value is -2.47. The highest BCUT2D eigenvalue weighted by atomic mass is 32.2. The van der Waals surface area contributed by atoms with Crippen molar-refractivity contribution in [2.45, 2.75) is 31.2 Å². The summed E-state index contributed by atoms with van der Waals surface area (Å²) in [5.74, 6) is 0.544. The molecule has 5 nitrogen and oxygen atoms in total. The molecule has 0 N–H and O–H groups in total. The zero-order valence-corrected chi connectivity index (χ0v) is 14.5. The smallest absolute Gasteiger partial charge is 0.267 e. The molecule has 0 fully saturated rings. The molecule has 0 aliphatic rings. The fourth-order valence-corrected chi connectivity index (χ4v) is 3.19. The minimum Gasteiger partial charge on any atom is -0.299 e. The van der Waals surface area contributed by atoms with E-state index >= 15 is 0 Å². The zero-order valence-electron chi connectivity index (χ0n) is 13.7. The number of hydrogen-bond donors (Lipinski definition) is 0. The number of aromatic nitrogens is 3. The van der Waals surface area contributed by atoms with Crippen LogP contribution in [0.2, 0.25) is 0 Å². The van der Waals surface area contributed by atoms with Gasteiger partial charge in [0.25, 0.3) is 5.56 Å². The third-order valence-electron chi connectivity index (χ3n) is 3.73. The van der Waals surface area contributed by atoms with Gasteiger partial charge in [-0.1, -0.05) is 23.9 Å². The summed E-state index contributed by atoms with van der Waals surface area (Å²) in [6.45, 7) is 5.28. The normalized spacial score (nSPS) is 12.3. The van der Waals surface area contributed by atoms with Gasteiger partial charge in [0.2, 0.25) is 0 Å². The lowest BCUT2D eigenvalue weighted by molar-refractivity contribution is -0.116. The number of thioether (sulfide) groups is 1. The predicted molar refractivity (Wildman–Crippen MR) is 95.9 cm³/mol. The van der Waals surface area contributed by atoms with Crippen molar-refractivity contribution in [1.29, 1.82) is 0 Å². The molecule has 2 heterocycles. The molecule has 24 heavy (non-hydrogen) atoms. The van der Waals surface area contributed by atoms with Gasteiger partial charge >= 0.3 is 0 Å². The van der Waals surface area contributed by atoms with E-state index in [1.54, 1.807) is 18.3 Å². The quantitative estimate of drug-likeness (QED) is 0.540. The lowest BCUT2D eigenvalue weighted by Crippen LogP contribution is -2.24. The standard InChI is InChI=1S/C18H17N3O2S/c1-11-8-9-19-16(10-11)21-17(23)14-6-4-5-7-15(14)20-18(21)24-13(3)12(2)22/h4-10,13H,1-3H3/t13-/m1/s1. The number of hydrogen-bond acceptors (Lipinski definition) is 5. The second kappa shape index (κ2) is 6.57. The summed E-state index contributed by atoms with van der Waals surface area (Å²) in [5.41, 5.74) is 1.43. The maximum absolute atomic E-state index is 13.0. The highest BCUT2D eigenvalue weighted by molar-refractivity contribution is 8.00. The molecular formula is C18H17N3O2S. The molecule has 6 heteroatoms. The van der Waals surface area contributed by atoms with Crippen molar-refractivity contribution in [3.05, 3.63) is 58.5 Å². The Bertz CT molecular complexity index is 981. The van der Waals surface area contributed by atoms with Crippen molar-refractivity contribution in [1.82, 2.24) is 14.5 Å². The Morgan fingerprint density at radius 2 is 2.00 bits per heavy atom. The molecule has 1 aromatic carbocycles. The lowest BCUT2D eigenvalue weighted by atomic mass is 10.2.